The van der Waals surface area contributed by atoms with E-state index in [1.807, 2.05) is 0 Å². The predicted molar refractivity (Wildman–Crippen MR) is 56.6 cm³/mol. The number of esters is 1. The zero-order chi connectivity index (χ0) is 11.8. The molecule has 2 aliphatic heterocycles. The zero-order valence-electron chi connectivity index (χ0n) is 9.09. The van der Waals surface area contributed by atoms with E-state index in [1.54, 1.807) is 18.2 Å². The maximum absolute atomic E-state index is 11.0. The molecule has 5 heteroatoms. The van der Waals surface area contributed by atoms with Crippen LogP contribution in [0.2, 0.25) is 0 Å². The Labute approximate surface area is 97.9 Å². The number of hydrogen-bond donors (Lipinski definition) is 1. The van der Waals surface area contributed by atoms with E-state index in [-0.39, 0.29) is 31.7 Å². The number of aliphatic hydroxyl groups is 1. The van der Waals surface area contributed by atoms with Gasteiger partial charge in [-0.1, -0.05) is 6.07 Å². The topological polar surface area (TPSA) is 65.0 Å². The predicted octanol–water partition coefficient (Wildman–Crippen LogP) is 1.01. The van der Waals surface area contributed by atoms with Crippen LogP contribution < -0.4 is 9.47 Å². The van der Waals surface area contributed by atoms with Gasteiger partial charge in [0.05, 0.1) is 19.1 Å². The Morgan fingerprint density at radius 3 is 2.82 bits per heavy atom. The Hall–Kier alpha value is -1.75. The molecule has 2 atom stereocenters. The summed E-state index contributed by atoms with van der Waals surface area (Å²) in [4.78, 5) is 11.0. The zero-order valence-corrected chi connectivity index (χ0v) is 9.09. The van der Waals surface area contributed by atoms with Crippen molar-refractivity contribution in [2.75, 3.05) is 13.4 Å². The third-order valence-corrected chi connectivity index (χ3v) is 3.07. The molecule has 1 aromatic rings. The van der Waals surface area contributed by atoms with Crippen molar-refractivity contribution in [2.24, 2.45) is 5.92 Å². The molecule has 0 aromatic heterocycles. The second kappa shape index (κ2) is 3.92. The highest BCUT2D eigenvalue weighted by Gasteiger charge is 2.31. The summed E-state index contributed by atoms with van der Waals surface area (Å²) in [7, 11) is 0. The second-order valence-electron chi connectivity index (χ2n) is 4.20. The third kappa shape index (κ3) is 1.82. The van der Waals surface area contributed by atoms with Crippen LogP contribution in [0.3, 0.4) is 0 Å². The summed E-state index contributed by atoms with van der Waals surface area (Å²) in [6.07, 6.45) is -0.453. The first-order valence-electron chi connectivity index (χ1n) is 5.47. The Balaban J connectivity index is 1.81. The van der Waals surface area contributed by atoms with E-state index in [0.29, 0.717) is 11.5 Å². The first-order chi connectivity index (χ1) is 8.24. The maximum atomic E-state index is 11.0. The van der Waals surface area contributed by atoms with Gasteiger partial charge in [0.2, 0.25) is 6.79 Å². The number of fused-ring (bicyclic) bond motifs is 1. The van der Waals surface area contributed by atoms with Gasteiger partial charge in [0, 0.05) is 5.92 Å². The Bertz CT molecular complexity index is 456. The summed E-state index contributed by atoms with van der Waals surface area (Å²) in [5.74, 6) is 0.879. The summed E-state index contributed by atoms with van der Waals surface area (Å²) in [5.41, 5.74) is 0.720. The number of benzene rings is 1. The molecule has 0 spiro atoms. The lowest BCUT2D eigenvalue weighted by Gasteiger charge is -2.15. The monoisotopic (exact) mass is 236 g/mol. The normalized spacial score (nSPS) is 23.6. The highest BCUT2D eigenvalue weighted by atomic mass is 16.7. The standard InChI is InChI=1S/C12H12O5/c13-11-4-8(5-15-11)12(14)7-1-2-9-10(3-7)17-6-16-9/h1-3,8,12,14H,4-6H2. The minimum Gasteiger partial charge on any atom is -0.465 e. The summed E-state index contributed by atoms with van der Waals surface area (Å²) < 4.78 is 15.3. The average Bonchev–Trinajstić information content (AvgIpc) is 2.95. The SMILES string of the molecule is O=C1CC(C(O)c2ccc3c(c2)OCO3)CO1. The molecule has 0 saturated carbocycles. The molecule has 0 amide bonds. The largest absolute Gasteiger partial charge is 0.465 e. The van der Waals surface area contributed by atoms with Gasteiger partial charge in [0.25, 0.3) is 0 Å². The van der Waals surface area contributed by atoms with E-state index in [0.717, 1.165) is 5.56 Å². The highest BCUT2D eigenvalue weighted by molar-refractivity contribution is 5.71. The Morgan fingerprint density at radius 1 is 1.24 bits per heavy atom. The molecule has 90 valence electrons. The van der Waals surface area contributed by atoms with E-state index in [9.17, 15) is 9.90 Å². The lowest BCUT2D eigenvalue weighted by Crippen LogP contribution is -2.12. The van der Waals surface area contributed by atoms with Gasteiger partial charge in [-0.3, -0.25) is 4.79 Å². The number of rotatable bonds is 2. The molecule has 2 aliphatic rings. The molecule has 1 saturated heterocycles. The number of cyclic esters (lactones) is 1. The van der Waals surface area contributed by atoms with Gasteiger partial charge in [0.15, 0.2) is 11.5 Å². The highest BCUT2D eigenvalue weighted by Crippen LogP contribution is 2.37. The molecule has 1 N–H and O–H groups in total. The summed E-state index contributed by atoms with van der Waals surface area (Å²) >= 11 is 0. The van der Waals surface area contributed by atoms with Crippen LogP contribution in [-0.4, -0.2) is 24.5 Å². The maximum Gasteiger partial charge on any atom is 0.306 e. The van der Waals surface area contributed by atoms with Crippen molar-refractivity contribution in [1.82, 2.24) is 0 Å². The number of hydrogen-bond acceptors (Lipinski definition) is 5. The Morgan fingerprint density at radius 2 is 2.06 bits per heavy atom. The molecule has 17 heavy (non-hydrogen) atoms. The molecular weight excluding hydrogens is 224 g/mol. The molecule has 2 heterocycles. The fourth-order valence-electron chi connectivity index (χ4n) is 2.10. The lowest BCUT2D eigenvalue weighted by molar-refractivity contribution is -0.137. The smallest absolute Gasteiger partial charge is 0.306 e. The van der Waals surface area contributed by atoms with Crippen molar-refractivity contribution in [3.05, 3.63) is 23.8 Å². The van der Waals surface area contributed by atoms with Crippen LogP contribution >= 0.6 is 0 Å². The molecule has 1 fully saturated rings. The van der Waals surface area contributed by atoms with Crippen LogP contribution in [0.25, 0.3) is 0 Å². The molecular formula is C12H12O5. The number of ether oxygens (including phenoxy) is 3. The lowest BCUT2D eigenvalue weighted by atomic mass is 9.95. The van der Waals surface area contributed by atoms with Gasteiger partial charge >= 0.3 is 5.97 Å². The average molecular weight is 236 g/mol. The van der Waals surface area contributed by atoms with Gasteiger partial charge in [0.1, 0.15) is 0 Å². The Kier molecular flexibility index (Phi) is 2.40. The number of carbonyl (C=O) groups excluding carboxylic acids is 1. The first kappa shape index (κ1) is 10.4. The molecule has 1 aromatic carbocycles. The van der Waals surface area contributed by atoms with Crippen LogP contribution in [0.1, 0.15) is 18.1 Å². The van der Waals surface area contributed by atoms with Gasteiger partial charge in [-0.2, -0.15) is 0 Å². The minimum absolute atomic E-state index is 0.178. The molecule has 0 aliphatic carbocycles. The van der Waals surface area contributed by atoms with Crippen LogP contribution in [0.4, 0.5) is 0 Å². The van der Waals surface area contributed by atoms with Crippen LogP contribution in [0.5, 0.6) is 11.5 Å². The number of carbonyl (C=O) groups is 1. The third-order valence-electron chi connectivity index (χ3n) is 3.07. The fraction of sp³-hybridized carbons (Fsp3) is 0.417. The van der Waals surface area contributed by atoms with Crippen molar-refractivity contribution in [3.63, 3.8) is 0 Å². The van der Waals surface area contributed by atoms with Gasteiger partial charge < -0.3 is 19.3 Å². The molecule has 2 unspecified atom stereocenters. The minimum atomic E-state index is -0.712. The molecule has 0 bridgehead atoms. The fourth-order valence-corrected chi connectivity index (χ4v) is 2.10. The quantitative estimate of drug-likeness (QED) is 0.776. The molecule has 5 nitrogen and oxygen atoms in total. The van der Waals surface area contributed by atoms with E-state index < -0.39 is 6.10 Å². The van der Waals surface area contributed by atoms with Crippen molar-refractivity contribution < 1.29 is 24.1 Å². The second-order valence-corrected chi connectivity index (χ2v) is 4.20. The van der Waals surface area contributed by atoms with Crippen LogP contribution in [0.15, 0.2) is 18.2 Å². The van der Waals surface area contributed by atoms with E-state index in [1.165, 1.54) is 0 Å². The van der Waals surface area contributed by atoms with Crippen LogP contribution in [0, 0.1) is 5.92 Å². The van der Waals surface area contributed by atoms with Crippen molar-refractivity contribution in [2.45, 2.75) is 12.5 Å². The van der Waals surface area contributed by atoms with Gasteiger partial charge in [-0.05, 0) is 17.7 Å². The molecule has 3 rings (SSSR count). The number of aliphatic hydroxyl groups excluding tert-OH is 1. The summed E-state index contributed by atoms with van der Waals surface area (Å²) in [6, 6.07) is 5.29. The first-order valence-corrected chi connectivity index (χ1v) is 5.47. The summed E-state index contributed by atoms with van der Waals surface area (Å²) in [5, 5.41) is 10.1. The van der Waals surface area contributed by atoms with E-state index in [4.69, 9.17) is 14.2 Å². The van der Waals surface area contributed by atoms with E-state index in [2.05, 4.69) is 0 Å². The molecule has 0 radical (unpaired) electrons. The van der Waals surface area contributed by atoms with Crippen molar-refractivity contribution in [3.8, 4) is 11.5 Å². The van der Waals surface area contributed by atoms with Crippen molar-refractivity contribution >= 4 is 5.97 Å². The van der Waals surface area contributed by atoms with Crippen LogP contribution in [-0.2, 0) is 9.53 Å². The van der Waals surface area contributed by atoms with Gasteiger partial charge in [-0.15, -0.1) is 0 Å². The van der Waals surface area contributed by atoms with Crippen molar-refractivity contribution in [1.29, 1.82) is 0 Å². The summed E-state index contributed by atoms with van der Waals surface area (Å²) in [6.45, 7) is 0.481. The van der Waals surface area contributed by atoms with E-state index >= 15 is 0 Å². The van der Waals surface area contributed by atoms with Gasteiger partial charge in [-0.25, -0.2) is 0 Å².